The van der Waals surface area contributed by atoms with Crippen LogP contribution in [0.2, 0.25) is 0 Å². The largest absolute Gasteiger partial charge is 0.482 e. The highest BCUT2D eigenvalue weighted by molar-refractivity contribution is 8.01. The van der Waals surface area contributed by atoms with Crippen LogP contribution in [-0.4, -0.2) is 39.5 Å². The standard InChI is InChI=1S/C36H33NO5S3/c38-44(39,29-13-5-2-6-14-29)31-23-28(43-27-11-3-1-4-12-27)24-32(25-31)45(40,41)30-21-19-26(20-22-30)37-33-15-7-9-17-35(33)42-36-18-10-8-16-34(36)37/h1-11,13-19,21,23,25,27-28,33,35H,12,20,22,24H2. The summed E-state index contributed by atoms with van der Waals surface area (Å²) in [5.41, 5.74) is 1.96. The van der Waals surface area contributed by atoms with E-state index in [0.717, 1.165) is 23.6 Å². The molecule has 4 aliphatic carbocycles. The van der Waals surface area contributed by atoms with E-state index >= 15 is 0 Å². The van der Waals surface area contributed by atoms with Crippen molar-refractivity contribution in [1.82, 2.24) is 0 Å². The van der Waals surface area contributed by atoms with Crippen LogP contribution < -0.4 is 9.64 Å². The second kappa shape index (κ2) is 12.2. The van der Waals surface area contributed by atoms with Gasteiger partial charge < -0.3 is 9.64 Å². The molecule has 9 heteroatoms. The molecule has 0 saturated carbocycles. The fourth-order valence-electron chi connectivity index (χ4n) is 6.29. The van der Waals surface area contributed by atoms with Crippen LogP contribution in [0.1, 0.15) is 25.7 Å². The van der Waals surface area contributed by atoms with Gasteiger partial charge >= 0.3 is 0 Å². The fraction of sp³-hybridized carbons (Fsp3) is 0.222. The number of rotatable bonds is 7. The number of ether oxygens (including phenoxy) is 1. The minimum absolute atomic E-state index is 0.0344. The van der Waals surface area contributed by atoms with Gasteiger partial charge in [-0.15, -0.1) is 11.8 Å². The van der Waals surface area contributed by atoms with E-state index in [1.54, 1.807) is 54.2 Å². The van der Waals surface area contributed by atoms with Gasteiger partial charge in [-0.25, -0.2) is 16.8 Å². The minimum atomic E-state index is -3.91. The molecule has 1 aliphatic heterocycles. The summed E-state index contributed by atoms with van der Waals surface area (Å²) in [5.74, 6) is 0.792. The number of hydrogen-bond acceptors (Lipinski definition) is 7. The van der Waals surface area contributed by atoms with E-state index < -0.39 is 19.7 Å². The minimum Gasteiger partial charge on any atom is -0.482 e. The van der Waals surface area contributed by atoms with E-state index in [0.29, 0.717) is 17.7 Å². The fourth-order valence-corrected chi connectivity index (χ4v) is 11.0. The van der Waals surface area contributed by atoms with Crippen molar-refractivity contribution in [3.05, 3.63) is 148 Å². The molecule has 2 aromatic carbocycles. The van der Waals surface area contributed by atoms with Crippen molar-refractivity contribution >= 4 is 37.1 Å². The number of para-hydroxylation sites is 2. The summed E-state index contributed by atoms with van der Waals surface area (Å²) in [7, 11) is -7.82. The Morgan fingerprint density at radius 1 is 0.756 bits per heavy atom. The lowest BCUT2D eigenvalue weighted by molar-refractivity contribution is 0.215. The lowest BCUT2D eigenvalue weighted by atomic mass is 9.97. The van der Waals surface area contributed by atoms with Crippen LogP contribution in [0.3, 0.4) is 0 Å². The Hall–Kier alpha value is -3.79. The van der Waals surface area contributed by atoms with Crippen LogP contribution in [0.4, 0.5) is 5.69 Å². The predicted molar refractivity (Wildman–Crippen MR) is 182 cm³/mol. The lowest BCUT2D eigenvalue weighted by Crippen LogP contribution is -2.48. The third-order valence-corrected chi connectivity index (χ3v) is 13.7. The molecule has 1 heterocycles. The molecule has 2 aromatic rings. The van der Waals surface area contributed by atoms with Crippen LogP contribution in [0.15, 0.2) is 153 Å². The van der Waals surface area contributed by atoms with Gasteiger partial charge in [-0.2, -0.15) is 0 Å². The summed E-state index contributed by atoms with van der Waals surface area (Å²) in [5, 5.41) is -0.167. The zero-order chi connectivity index (χ0) is 31.0. The Morgan fingerprint density at radius 2 is 1.53 bits per heavy atom. The Balaban J connectivity index is 1.22. The number of hydrogen-bond donors (Lipinski definition) is 0. The van der Waals surface area contributed by atoms with Crippen molar-refractivity contribution in [1.29, 1.82) is 0 Å². The predicted octanol–water partition coefficient (Wildman–Crippen LogP) is 7.36. The average Bonchev–Trinajstić information content (AvgIpc) is 3.08. The van der Waals surface area contributed by atoms with Crippen molar-refractivity contribution in [3.8, 4) is 5.75 Å². The van der Waals surface area contributed by atoms with E-state index in [4.69, 9.17) is 4.74 Å². The van der Waals surface area contributed by atoms with Gasteiger partial charge in [-0.3, -0.25) is 0 Å². The van der Waals surface area contributed by atoms with Gasteiger partial charge in [0, 0.05) is 21.1 Å². The molecule has 6 nitrogen and oxygen atoms in total. The van der Waals surface area contributed by atoms with Crippen molar-refractivity contribution in [2.45, 2.75) is 53.2 Å². The SMILES string of the molecule is O=S(=O)(C1=CC=C(N2c3ccccc3OC3C=CC=CC32)CC1)C1=CC(S(=O)(=O)c2ccccc2)=CC(SC2C=CC=CC2)C1. The highest BCUT2D eigenvalue weighted by Gasteiger charge is 2.38. The van der Waals surface area contributed by atoms with Crippen molar-refractivity contribution < 1.29 is 21.6 Å². The number of sulfone groups is 2. The summed E-state index contributed by atoms with van der Waals surface area (Å²) < 4.78 is 62.1. The summed E-state index contributed by atoms with van der Waals surface area (Å²) >= 11 is 1.60. The molecular weight excluding hydrogens is 623 g/mol. The molecule has 0 aromatic heterocycles. The lowest BCUT2D eigenvalue weighted by Gasteiger charge is -2.43. The molecule has 0 saturated heterocycles. The first-order valence-corrected chi connectivity index (χ1v) is 19.0. The number of allylic oxidation sites excluding steroid dienone is 11. The first-order valence-electron chi connectivity index (χ1n) is 15.1. The maximum atomic E-state index is 14.2. The molecule has 4 atom stereocenters. The summed E-state index contributed by atoms with van der Waals surface area (Å²) in [6.45, 7) is 0. The van der Waals surface area contributed by atoms with E-state index in [2.05, 4.69) is 23.1 Å². The van der Waals surface area contributed by atoms with Gasteiger partial charge in [-0.1, -0.05) is 78.9 Å². The first-order chi connectivity index (χ1) is 21.8. The highest BCUT2D eigenvalue weighted by Crippen LogP contribution is 2.44. The van der Waals surface area contributed by atoms with Crippen molar-refractivity contribution in [3.63, 3.8) is 0 Å². The normalized spacial score (nSPS) is 25.7. The van der Waals surface area contributed by atoms with E-state index in [-0.39, 0.29) is 43.8 Å². The smallest absolute Gasteiger partial charge is 0.206 e. The van der Waals surface area contributed by atoms with Crippen LogP contribution >= 0.6 is 11.8 Å². The van der Waals surface area contributed by atoms with Gasteiger partial charge in [0.05, 0.1) is 26.4 Å². The van der Waals surface area contributed by atoms with E-state index in [1.807, 2.05) is 60.7 Å². The molecule has 230 valence electrons. The molecule has 4 unspecified atom stereocenters. The molecule has 0 N–H and O–H groups in total. The quantitative estimate of drug-likeness (QED) is 0.309. The maximum absolute atomic E-state index is 14.2. The molecule has 7 rings (SSSR count). The van der Waals surface area contributed by atoms with Gasteiger partial charge in [0.25, 0.3) is 0 Å². The molecule has 0 radical (unpaired) electrons. The number of thioether (sulfide) groups is 1. The Kier molecular flexibility index (Phi) is 8.10. The van der Waals surface area contributed by atoms with Gasteiger partial charge in [0.1, 0.15) is 11.9 Å². The zero-order valence-corrected chi connectivity index (χ0v) is 26.9. The Morgan fingerprint density at radius 3 is 2.31 bits per heavy atom. The molecule has 0 bridgehead atoms. The number of fused-ring (bicyclic) bond motifs is 2. The Bertz CT molecular complexity index is 1960. The second-order valence-corrected chi connectivity index (χ2v) is 16.9. The molecule has 0 spiro atoms. The van der Waals surface area contributed by atoms with Crippen LogP contribution in [0, 0.1) is 0 Å². The maximum Gasteiger partial charge on any atom is 0.206 e. The van der Waals surface area contributed by atoms with Gasteiger partial charge in [-0.05, 0) is 74.3 Å². The zero-order valence-electron chi connectivity index (χ0n) is 24.5. The van der Waals surface area contributed by atoms with Crippen molar-refractivity contribution in [2.75, 3.05) is 4.90 Å². The van der Waals surface area contributed by atoms with Crippen LogP contribution in [0.5, 0.6) is 5.75 Å². The van der Waals surface area contributed by atoms with Gasteiger partial charge in [0.15, 0.2) is 9.84 Å². The van der Waals surface area contributed by atoms with Gasteiger partial charge in [0.2, 0.25) is 9.84 Å². The average molecular weight is 656 g/mol. The molecular formula is C36H33NO5S3. The third kappa shape index (κ3) is 5.85. The van der Waals surface area contributed by atoms with E-state index in [1.165, 1.54) is 6.08 Å². The highest BCUT2D eigenvalue weighted by atomic mass is 32.2. The summed E-state index contributed by atoms with van der Waals surface area (Å²) in [6, 6.07) is 16.1. The van der Waals surface area contributed by atoms with E-state index in [9.17, 15) is 16.8 Å². The monoisotopic (exact) mass is 655 g/mol. The number of benzene rings is 2. The van der Waals surface area contributed by atoms with Crippen LogP contribution in [-0.2, 0) is 19.7 Å². The number of anilines is 1. The van der Waals surface area contributed by atoms with Crippen molar-refractivity contribution in [2.24, 2.45) is 0 Å². The molecule has 5 aliphatic rings. The molecule has 45 heavy (non-hydrogen) atoms. The molecule has 0 fully saturated rings. The molecule has 0 amide bonds. The second-order valence-electron chi connectivity index (χ2n) is 11.4. The Labute approximate surface area is 269 Å². The summed E-state index contributed by atoms with van der Waals surface area (Å²) in [6.07, 6.45) is 24.7. The third-order valence-electron chi connectivity index (χ3n) is 8.54. The summed E-state index contributed by atoms with van der Waals surface area (Å²) in [4.78, 5) is 2.88. The van der Waals surface area contributed by atoms with Crippen LogP contribution in [0.25, 0.3) is 0 Å². The number of nitrogens with zero attached hydrogens (tertiary/aromatic N) is 1. The topological polar surface area (TPSA) is 80.8 Å². The first kappa shape index (κ1) is 29.9.